The van der Waals surface area contributed by atoms with Crippen LogP contribution in [0.3, 0.4) is 0 Å². The number of ketones is 1. The summed E-state index contributed by atoms with van der Waals surface area (Å²) in [5, 5.41) is 0. The van der Waals surface area contributed by atoms with Gasteiger partial charge in [-0.05, 0) is 80.5 Å². The Morgan fingerprint density at radius 2 is 1.88 bits per heavy atom. The number of allylic oxidation sites excluding steroid dienone is 1. The van der Waals surface area contributed by atoms with Crippen molar-refractivity contribution in [2.75, 3.05) is 32.8 Å². The van der Waals surface area contributed by atoms with Gasteiger partial charge in [0.05, 0.1) is 19.6 Å². The summed E-state index contributed by atoms with van der Waals surface area (Å²) in [5.41, 5.74) is 2.00. The van der Waals surface area contributed by atoms with Crippen molar-refractivity contribution in [3.8, 4) is 0 Å². The molecule has 1 saturated heterocycles. The van der Waals surface area contributed by atoms with Crippen LogP contribution in [0.4, 0.5) is 0 Å². The van der Waals surface area contributed by atoms with E-state index in [1.54, 1.807) is 5.57 Å². The molecule has 4 aliphatic carbocycles. The fraction of sp³-hybridized carbons (Fsp3) is 0.857. The average Bonchev–Trinajstić information content (AvgIpc) is 3.16. The number of esters is 1. The first-order valence-electron chi connectivity index (χ1n) is 13.5. The molecule has 1 aliphatic heterocycles. The van der Waals surface area contributed by atoms with Crippen LogP contribution in [0.5, 0.6) is 0 Å². The summed E-state index contributed by atoms with van der Waals surface area (Å²) in [6, 6.07) is 0. The molecular weight excluding hydrogens is 414 g/mol. The monoisotopic (exact) mass is 457 g/mol. The first-order chi connectivity index (χ1) is 15.8. The normalized spacial score (nSPS) is 43.1. The Balaban J connectivity index is 1.21. The molecule has 0 aromatic rings. The third-order valence-corrected chi connectivity index (χ3v) is 10.6. The molecule has 5 nitrogen and oxygen atoms in total. The highest BCUT2D eigenvalue weighted by atomic mass is 16.5. The smallest absolute Gasteiger partial charge is 0.307 e. The van der Waals surface area contributed by atoms with Crippen molar-refractivity contribution in [2.45, 2.75) is 84.7 Å². The zero-order chi connectivity index (χ0) is 23.2. The van der Waals surface area contributed by atoms with Crippen molar-refractivity contribution in [3.05, 3.63) is 11.6 Å². The number of carbonyl (C=O) groups excluding carboxylic acids is 2. The van der Waals surface area contributed by atoms with E-state index in [0.29, 0.717) is 18.1 Å². The largest absolute Gasteiger partial charge is 0.462 e. The first kappa shape index (κ1) is 23.5. The average molecular weight is 458 g/mol. The molecule has 0 aromatic carbocycles. The highest BCUT2D eigenvalue weighted by molar-refractivity contribution is 5.79. The van der Waals surface area contributed by atoms with Gasteiger partial charge in [-0.25, -0.2) is 0 Å². The molecule has 0 aromatic heterocycles. The van der Waals surface area contributed by atoms with E-state index in [9.17, 15) is 9.59 Å². The zero-order valence-electron chi connectivity index (χ0n) is 20.9. The second-order valence-corrected chi connectivity index (χ2v) is 12.1. The number of Topliss-reactive ketones (excluding diaryl/α,β-unsaturated/α-hetero) is 1. The lowest BCUT2D eigenvalue weighted by atomic mass is 9.47. The van der Waals surface area contributed by atoms with Gasteiger partial charge in [-0.15, -0.1) is 0 Å². The molecule has 0 unspecified atom stereocenters. The van der Waals surface area contributed by atoms with E-state index in [4.69, 9.17) is 9.47 Å². The molecular formula is C28H43NO4. The number of fused-ring (bicyclic) bond motifs is 5. The molecule has 3 saturated carbocycles. The van der Waals surface area contributed by atoms with Crippen molar-refractivity contribution in [1.82, 2.24) is 4.90 Å². The fourth-order valence-electron chi connectivity index (χ4n) is 8.71. The van der Waals surface area contributed by atoms with E-state index in [0.717, 1.165) is 76.8 Å². The summed E-state index contributed by atoms with van der Waals surface area (Å²) in [5.74, 6) is 2.77. The van der Waals surface area contributed by atoms with E-state index in [1.165, 1.54) is 19.3 Å². The quantitative estimate of drug-likeness (QED) is 0.439. The van der Waals surface area contributed by atoms with Crippen LogP contribution in [0.2, 0.25) is 0 Å². The standard InChI is InChI=1S/C28H43NO4/c1-19(30)23-6-7-24-22-5-4-20-18-21(33-26(31)10-13-29-14-16-32-17-15-29)8-11-27(20,2)25(22)9-12-28(23,24)3/h4,21-25H,5-18H2,1-3H3/t21-,22+,23-,24+,25+,27-,28+/m0/s1. The van der Waals surface area contributed by atoms with Gasteiger partial charge >= 0.3 is 5.97 Å². The number of hydrogen-bond donors (Lipinski definition) is 0. The molecule has 5 heteroatoms. The topological polar surface area (TPSA) is 55.8 Å². The minimum Gasteiger partial charge on any atom is -0.462 e. The maximum atomic E-state index is 12.5. The van der Waals surface area contributed by atoms with Crippen LogP contribution in [-0.2, 0) is 19.1 Å². The molecule has 4 fully saturated rings. The van der Waals surface area contributed by atoms with E-state index in [2.05, 4.69) is 24.8 Å². The maximum Gasteiger partial charge on any atom is 0.307 e. The fourth-order valence-corrected chi connectivity index (χ4v) is 8.71. The number of carbonyl (C=O) groups is 2. The van der Waals surface area contributed by atoms with Crippen molar-refractivity contribution in [3.63, 3.8) is 0 Å². The lowest BCUT2D eigenvalue weighted by Gasteiger charge is -2.58. The van der Waals surface area contributed by atoms with Gasteiger partial charge in [-0.2, -0.15) is 0 Å². The summed E-state index contributed by atoms with van der Waals surface area (Å²) in [6.07, 6.45) is 12.0. The lowest BCUT2D eigenvalue weighted by molar-refractivity contribution is -0.152. The van der Waals surface area contributed by atoms with Crippen molar-refractivity contribution in [2.24, 2.45) is 34.5 Å². The molecule has 33 heavy (non-hydrogen) atoms. The van der Waals surface area contributed by atoms with E-state index in [1.807, 2.05) is 6.92 Å². The Kier molecular flexibility index (Phi) is 6.50. The van der Waals surface area contributed by atoms with Crippen molar-refractivity contribution < 1.29 is 19.1 Å². The van der Waals surface area contributed by atoms with Gasteiger partial charge in [-0.3, -0.25) is 14.5 Å². The Bertz CT molecular complexity index is 802. The number of ether oxygens (including phenoxy) is 2. The molecule has 0 spiro atoms. The summed E-state index contributed by atoms with van der Waals surface area (Å²) in [4.78, 5) is 27.2. The van der Waals surface area contributed by atoms with Crippen LogP contribution >= 0.6 is 0 Å². The molecule has 0 N–H and O–H groups in total. The third-order valence-electron chi connectivity index (χ3n) is 10.6. The van der Waals surface area contributed by atoms with Crippen LogP contribution in [-0.4, -0.2) is 55.6 Å². The first-order valence-corrected chi connectivity index (χ1v) is 13.5. The minimum absolute atomic E-state index is 0.0421. The zero-order valence-corrected chi connectivity index (χ0v) is 20.9. The summed E-state index contributed by atoms with van der Waals surface area (Å²) in [7, 11) is 0. The van der Waals surface area contributed by atoms with Crippen molar-refractivity contribution in [1.29, 1.82) is 0 Å². The Labute approximate surface area is 199 Å². The Morgan fingerprint density at radius 1 is 1.09 bits per heavy atom. The molecule has 0 bridgehead atoms. The summed E-state index contributed by atoms with van der Waals surface area (Å²) >= 11 is 0. The van der Waals surface area contributed by atoms with Gasteiger partial charge in [0.25, 0.3) is 0 Å². The van der Waals surface area contributed by atoms with Gasteiger partial charge in [0, 0.05) is 32.0 Å². The molecule has 0 amide bonds. The maximum absolute atomic E-state index is 12.5. The highest BCUT2D eigenvalue weighted by Gasteiger charge is 2.59. The Morgan fingerprint density at radius 3 is 2.64 bits per heavy atom. The van der Waals surface area contributed by atoms with Crippen LogP contribution in [0.25, 0.3) is 0 Å². The van der Waals surface area contributed by atoms with E-state index >= 15 is 0 Å². The molecule has 7 atom stereocenters. The SMILES string of the molecule is CC(=O)[C@@H]1CC[C@@H]2[C@H]3CC=C4C[C@@H](OC(=O)CCN5CCOCC5)CC[C@]4(C)[C@@H]3CC[C@@]21C. The van der Waals surface area contributed by atoms with Gasteiger partial charge in [0.1, 0.15) is 11.9 Å². The minimum atomic E-state index is -0.0426. The molecule has 0 radical (unpaired) electrons. The van der Waals surface area contributed by atoms with Gasteiger partial charge in [0.2, 0.25) is 0 Å². The van der Waals surface area contributed by atoms with Crippen LogP contribution < -0.4 is 0 Å². The second kappa shape index (κ2) is 9.11. The molecule has 184 valence electrons. The summed E-state index contributed by atoms with van der Waals surface area (Å²) < 4.78 is 11.4. The third kappa shape index (κ3) is 4.22. The van der Waals surface area contributed by atoms with Gasteiger partial charge in [0.15, 0.2) is 0 Å². The molecule has 5 aliphatic rings. The van der Waals surface area contributed by atoms with E-state index < -0.39 is 0 Å². The number of nitrogens with zero attached hydrogens (tertiary/aromatic N) is 1. The van der Waals surface area contributed by atoms with Crippen molar-refractivity contribution >= 4 is 11.8 Å². The lowest BCUT2D eigenvalue weighted by Crippen LogP contribution is -2.51. The predicted octanol–water partition coefficient (Wildman–Crippen LogP) is 4.79. The predicted molar refractivity (Wildman–Crippen MR) is 128 cm³/mol. The Hall–Kier alpha value is -1.20. The van der Waals surface area contributed by atoms with E-state index in [-0.39, 0.29) is 28.8 Å². The van der Waals surface area contributed by atoms with Gasteiger partial charge in [-0.1, -0.05) is 25.5 Å². The molecule has 1 heterocycles. The van der Waals surface area contributed by atoms with Crippen LogP contribution in [0.15, 0.2) is 11.6 Å². The molecule has 5 rings (SSSR count). The van der Waals surface area contributed by atoms with Gasteiger partial charge < -0.3 is 9.47 Å². The number of hydrogen-bond acceptors (Lipinski definition) is 5. The number of morpholine rings is 1. The van der Waals surface area contributed by atoms with Crippen LogP contribution in [0.1, 0.15) is 78.6 Å². The van der Waals surface area contributed by atoms with Crippen LogP contribution in [0, 0.1) is 34.5 Å². The second-order valence-electron chi connectivity index (χ2n) is 12.1. The highest BCUT2D eigenvalue weighted by Crippen LogP contribution is 2.66. The number of rotatable bonds is 5. The summed E-state index contributed by atoms with van der Waals surface area (Å²) in [6.45, 7) is 10.9.